The highest BCUT2D eigenvalue weighted by Crippen LogP contribution is 2.40. The third-order valence-electron chi connectivity index (χ3n) is 8.01. The predicted octanol–water partition coefficient (Wildman–Crippen LogP) is 5.87. The van der Waals surface area contributed by atoms with E-state index in [0.29, 0.717) is 18.9 Å². The first kappa shape index (κ1) is 27.2. The molecular formula is C32H38N2O5. The summed E-state index contributed by atoms with van der Waals surface area (Å²) >= 11 is 0. The number of fused-ring (bicyclic) bond motifs is 1. The second kappa shape index (κ2) is 12.2. The number of hydrogen-bond donors (Lipinski definition) is 1. The minimum absolute atomic E-state index is 0.0776. The van der Waals surface area contributed by atoms with Crippen LogP contribution in [0.2, 0.25) is 0 Å². The van der Waals surface area contributed by atoms with Gasteiger partial charge in [-0.25, -0.2) is 4.98 Å². The van der Waals surface area contributed by atoms with Crippen molar-refractivity contribution < 1.29 is 24.1 Å². The maximum absolute atomic E-state index is 11.4. The Morgan fingerprint density at radius 1 is 1.13 bits per heavy atom. The van der Waals surface area contributed by atoms with Gasteiger partial charge in [-0.05, 0) is 96.8 Å². The summed E-state index contributed by atoms with van der Waals surface area (Å²) in [4.78, 5) is 18.2. The Hall–Kier alpha value is -3.42. The van der Waals surface area contributed by atoms with Crippen molar-refractivity contribution in [3.63, 3.8) is 0 Å². The van der Waals surface area contributed by atoms with E-state index in [-0.39, 0.29) is 12.1 Å². The second-order valence-electron chi connectivity index (χ2n) is 10.7. The molecule has 39 heavy (non-hydrogen) atoms. The molecule has 3 unspecified atom stereocenters. The number of ether oxygens (including phenoxy) is 3. The molecule has 3 heterocycles. The van der Waals surface area contributed by atoms with Crippen LogP contribution in [0.25, 0.3) is 11.1 Å². The lowest BCUT2D eigenvalue weighted by Crippen LogP contribution is -2.29. The van der Waals surface area contributed by atoms with Crippen LogP contribution in [0.4, 0.5) is 0 Å². The van der Waals surface area contributed by atoms with Crippen molar-refractivity contribution in [2.24, 2.45) is 5.92 Å². The van der Waals surface area contributed by atoms with Gasteiger partial charge in [0.15, 0.2) is 0 Å². The van der Waals surface area contributed by atoms with Gasteiger partial charge in [-0.3, -0.25) is 9.69 Å². The van der Waals surface area contributed by atoms with Crippen molar-refractivity contribution in [1.82, 2.24) is 9.88 Å². The molecule has 0 aliphatic carbocycles. The number of pyridine rings is 1. The number of carboxylic acid groups (broad SMARTS) is 1. The number of aliphatic carboxylic acids is 1. The van der Waals surface area contributed by atoms with Crippen molar-refractivity contribution >= 4 is 5.97 Å². The first-order valence-corrected chi connectivity index (χ1v) is 13.8. The Bertz CT molecular complexity index is 1300. The molecule has 0 saturated carbocycles. The van der Waals surface area contributed by atoms with Crippen LogP contribution >= 0.6 is 0 Å². The number of aryl methyl sites for hydroxylation is 1. The molecule has 7 nitrogen and oxygen atoms in total. The molecule has 1 fully saturated rings. The summed E-state index contributed by atoms with van der Waals surface area (Å²) in [5, 5.41) is 9.34. The lowest BCUT2D eigenvalue weighted by Gasteiger charge is -2.31. The number of aromatic nitrogens is 1. The zero-order valence-electron chi connectivity index (χ0n) is 23.1. The minimum Gasteiger partial charge on any atom is -0.485 e. The van der Waals surface area contributed by atoms with E-state index in [1.165, 1.54) is 24.0 Å². The molecule has 2 aromatic carbocycles. The number of methoxy groups -OCH3 is 2. The lowest BCUT2D eigenvalue weighted by molar-refractivity contribution is -0.141. The van der Waals surface area contributed by atoms with Gasteiger partial charge in [0.1, 0.15) is 11.9 Å². The second-order valence-corrected chi connectivity index (χ2v) is 10.7. The van der Waals surface area contributed by atoms with Gasteiger partial charge in [0.05, 0.1) is 25.7 Å². The van der Waals surface area contributed by atoms with Gasteiger partial charge in [-0.1, -0.05) is 31.2 Å². The quantitative estimate of drug-likeness (QED) is 0.351. The van der Waals surface area contributed by atoms with Crippen LogP contribution in [-0.4, -0.2) is 54.9 Å². The summed E-state index contributed by atoms with van der Waals surface area (Å²) < 4.78 is 17.8. The highest BCUT2D eigenvalue weighted by atomic mass is 16.5. The molecule has 3 aromatic rings. The standard InChI is InChI=1S/C32H38N2O5/c1-21(32(35)36)16-22-6-7-23-9-11-29(39-30(23)17-22)25-8-10-26(24-12-13-33-31(19-24)38-3)27(18-25)28(20-37-2)34-14-4-5-15-34/h6-8,10,12-13,17-19,21,28-29H,4-5,9,11,14-16,20H2,1-3H3,(H,35,36). The fourth-order valence-electron chi connectivity index (χ4n) is 5.83. The smallest absolute Gasteiger partial charge is 0.306 e. The zero-order chi connectivity index (χ0) is 27.4. The average Bonchev–Trinajstić information content (AvgIpc) is 3.50. The third kappa shape index (κ3) is 6.10. The molecule has 0 bridgehead atoms. The SMILES string of the molecule is COCC(c1cc(C2CCc3ccc(CC(C)C(=O)O)cc3O2)ccc1-c1ccnc(OC)c1)N1CCCC1. The van der Waals surface area contributed by atoms with E-state index in [9.17, 15) is 9.90 Å². The van der Waals surface area contributed by atoms with Gasteiger partial charge >= 0.3 is 5.97 Å². The molecule has 0 radical (unpaired) electrons. The Morgan fingerprint density at radius 2 is 1.95 bits per heavy atom. The monoisotopic (exact) mass is 530 g/mol. The minimum atomic E-state index is -0.783. The summed E-state index contributed by atoms with van der Waals surface area (Å²) in [7, 11) is 3.41. The number of hydrogen-bond acceptors (Lipinski definition) is 6. The molecule has 2 aliphatic rings. The summed E-state index contributed by atoms with van der Waals surface area (Å²) in [5.74, 6) is 0.230. The number of benzene rings is 2. The van der Waals surface area contributed by atoms with Crippen molar-refractivity contribution in [3.05, 3.63) is 77.0 Å². The van der Waals surface area contributed by atoms with Crippen LogP contribution in [0.5, 0.6) is 11.6 Å². The van der Waals surface area contributed by atoms with Gasteiger partial charge in [0.2, 0.25) is 5.88 Å². The van der Waals surface area contributed by atoms with E-state index < -0.39 is 11.9 Å². The normalized spacial score (nSPS) is 18.7. The molecule has 1 aromatic heterocycles. The third-order valence-corrected chi connectivity index (χ3v) is 8.01. The summed E-state index contributed by atoms with van der Waals surface area (Å²) in [6, 6.07) is 17.0. The largest absolute Gasteiger partial charge is 0.485 e. The Morgan fingerprint density at radius 3 is 2.69 bits per heavy atom. The summed E-state index contributed by atoms with van der Waals surface area (Å²) in [5.41, 5.74) is 6.74. The van der Waals surface area contributed by atoms with E-state index in [1.807, 2.05) is 24.3 Å². The van der Waals surface area contributed by atoms with Gasteiger partial charge in [-0.2, -0.15) is 0 Å². The van der Waals surface area contributed by atoms with Crippen LogP contribution in [0.1, 0.15) is 60.6 Å². The van der Waals surface area contributed by atoms with Gasteiger partial charge < -0.3 is 19.3 Å². The van der Waals surface area contributed by atoms with E-state index in [0.717, 1.165) is 53.9 Å². The fraction of sp³-hybridized carbons (Fsp3) is 0.438. The lowest BCUT2D eigenvalue weighted by atomic mass is 9.89. The number of carboxylic acids is 1. The number of likely N-dealkylation sites (tertiary alicyclic amines) is 1. The molecule has 1 saturated heterocycles. The maximum atomic E-state index is 11.4. The molecule has 3 atom stereocenters. The highest BCUT2D eigenvalue weighted by molar-refractivity contribution is 5.70. The van der Waals surface area contributed by atoms with Crippen molar-refractivity contribution in [2.75, 3.05) is 33.9 Å². The van der Waals surface area contributed by atoms with Crippen molar-refractivity contribution in [1.29, 1.82) is 0 Å². The number of nitrogens with zero attached hydrogens (tertiary/aromatic N) is 2. The topological polar surface area (TPSA) is 81.1 Å². The van der Waals surface area contributed by atoms with Crippen LogP contribution in [0, 0.1) is 5.92 Å². The zero-order valence-corrected chi connectivity index (χ0v) is 23.1. The molecule has 7 heteroatoms. The Labute approximate surface area is 230 Å². The van der Waals surface area contributed by atoms with Crippen LogP contribution < -0.4 is 9.47 Å². The van der Waals surface area contributed by atoms with Gasteiger partial charge in [0, 0.05) is 19.4 Å². The molecule has 206 valence electrons. The van der Waals surface area contributed by atoms with Crippen LogP contribution in [0.3, 0.4) is 0 Å². The Balaban J connectivity index is 1.50. The number of rotatable bonds is 10. The first-order valence-electron chi connectivity index (χ1n) is 13.8. The van der Waals surface area contributed by atoms with Crippen molar-refractivity contribution in [2.45, 2.75) is 51.2 Å². The summed E-state index contributed by atoms with van der Waals surface area (Å²) in [6.45, 7) is 4.46. The molecule has 2 aliphatic heterocycles. The predicted molar refractivity (Wildman–Crippen MR) is 150 cm³/mol. The van der Waals surface area contributed by atoms with E-state index in [4.69, 9.17) is 14.2 Å². The highest BCUT2D eigenvalue weighted by Gasteiger charge is 2.29. The molecule has 0 amide bonds. The molecule has 5 rings (SSSR count). The Kier molecular flexibility index (Phi) is 8.48. The molecule has 0 spiro atoms. The maximum Gasteiger partial charge on any atom is 0.306 e. The molecular weight excluding hydrogens is 492 g/mol. The fourth-order valence-corrected chi connectivity index (χ4v) is 5.83. The average molecular weight is 531 g/mol. The van der Waals surface area contributed by atoms with E-state index in [1.54, 1.807) is 27.3 Å². The van der Waals surface area contributed by atoms with Crippen LogP contribution in [-0.2, 0) is 22.4 Å². The van der Waals surface area contributed by atoms with Crippen molar-refractivity contribution in [3.8, 4) is 22.8 Å². The van der Waals surface area contributed by atoms with E-state index in [2.05, 4.69) is 34.1 Å². The first-order chi connectivity index (χ1) is 19.0. The van der Waals surface area contributed by atoms with E-state index >= 15 is 0 Å². The molecule has 1 N–H and O–H groups in total. The summed E-state index contributed by atoms with van der Waals surface area (Å²) in [6.07, 6.45) is 6.40. The van der Waals surface area contributed by atoms with Gasteiger partial charge in [-0.15, -0.1) is 0 Å². The number of carbonyl (C=O) groups is 1. The van der Waals surface area contributed by atoms with Crippen LogP contribution in [0.15, 0.2) is 54.7 Å². The van der Waals surface area contributed by atoms with Gasteiger partial charge in [0.25, 0.3) is 0 Å².